The van der Waals surface area contributed by atoms with Crippen LogP contribution in [0, 0.1) is 11.3 Å². The third-order valence-electron chi connectivity index (χ3n) is 3.91. The number of rotatable bonds is 6. The average molecular weight is 285 g/mol. The average Bonchev–Trinajstić information content (AvgIpc) is 2.53. The van der Waals surface area contributed by atoms with Gasteiger partial charge < -0.3 is 10.6 Å². The van der Waals surface area contributed by atoms with Crippen molar-refractivity contribution < 1.29 is 4.79 Å². The maximum Gasteiger partial charge on any atom is 0.221 e. The summed E-state index contributed by atoms with van der Waals surface area (Å²) in [4.78, 5) is 11.8. The first-order valence-electron chi connectivity index (χ1n) is 7.77. The van der Waals surface area contributed by atoms with Gasteiger partial charge in [0.05, 0.1) is 11.6 Å². The summed E-state index contributed by atoms with van der Waals surface area (Å²) in [5.74, 6) is 0.147. The van der Waals surface area contributed by atoms with Crippen LogP contribution >= 0.6 is 0 Å². The van der Waals surface area contributed by atoms with Crippen LogP contribution in [0.2, 0.25) is 0 Å². The molecule has 0 radical (unpaired) electrons. The molecule has 2 N–H and O–H groups in total. The van der Waals surface area contributed by atoms with Gasteiger partial charge in [-0.2, -0.15) is 5.26 Å². The van der Waals surface area contributed by atoms with Crippen LogP contribution < -0.4 is 10.6 Å². The summed E-state index contributed by atoms with van der Waals surface area (Å²) in [6.07, 6.45) is 6.56. The van der Waals surface area contributed by atoms with Gasteiger partial charge in [0.15, 0.2) is 0 Å². The molecule has 0 heterocycles. The highest BCUT2D eigenvalue weighted by molar-refractivity contribution is 5.76. The summed E-state index contributed by atoms with van der Waals surface area (Å²) in [5.41, 5.74) is 1.80. The Labute approximate surface area is 126 Å². The van der Waals surface area contributed by atoms with Crippen LogP contribution in [-0.4, -0.2) is 18.5 Å². The molecule has 0 spiro atoms. The van der Waals surface area contributed by atoms with E-state index in [1.807, 2.05) is 24.3 Å². The molecule has 1 saturated carbocycles. The molecule has 0 atom stereocenters. The summed E-state index contributed by atoms with van der Waals surface area (Å²) in [6, 6.07) is 10.00. The zero-order chi connectivity index (χ0) is 14.9. The van der Waals surface area contributed by atoms with E-state index in [0.29, 0.717) is 24.6 Å². The van der Waals surface area contributed by atoms with E-state index in [0.717, 1.165) is 24.9 Å². The molecular weight excluding hydrogens is 262 g/mol. The van der Waals surface area contributed by atoms with E-state index in [4.69, 9.17) is 5.26 Å². The quantitative estimate of drug-likeness (QED) is 0.789. The van der Waals surface area contributed by atoms with Gasteiger partial charge in [-0.25, -0.2) is 0 Å². The summed E-state index contributed by atoms with van der Waals surface area (Å²) < 4.78 is 0. The molecule has 0 aliphatic heterocycles. The molecular formula is C17H23N3O. The number of nitrogens with one attached hydrogen (secondary N) is 2. The first-order chi connectivity index (χ1) is 10.3. The van der Waals surface area contributed by atoms with Crippen molar-refractivity contribution in [2.75, 3.05) is 6.54 Å². The highest BCUT2D eigenvalue weighted by Crippen LogP contribution is 2.17. The van der Waals surface area contributed by atoms with E-state index in [2.05, 4.69) is 16.7 Å². The molecule has 2 rings (SSSR count). The van der Waals surface area contributed by atoms with Crippen LogP contribution in [0.1, 0.15) is 49.7 Å². The number of carbonyl (C=O) groups is 1. The number of nitriles is 1. The van der Waals surface area contributed by atoms with Crippen molar-refractivity contribution in [3.63, 3.8) is 0 Å². The smallest absolute Gasteiger partial charge is 0.221 e. The Hall–Kier alpha value is -1.86. The summed E-state index contributed by atoms with van der Waals surface area (Å²) in [6.45, 7) is 1.40. The number of benzene rings is 1. The van der Waals surface area contributed by atoms with Crippen LogP contribution in [0.4, 0.5) is 0 Å². The standard InChI is InChI=1S/C17H23N3O/c18-12-14-6-8-15(9-7-14)13-19-11-10-17(21)20-16-4-2-1-3-5-16/h6-9,16,19H,1-5,10-11,13H2,(H,20,21). The number of amides is 1. The lowest BCUT2D eigenvalue weighted by Gasteiger charge is -2.22. The van der Waals surface area contributed by atoms with E-state index in [9.17, 15) is 4.79 Å². The maximum absolute atomic E-state index is 11.8. The second-order valence-electron chi connectivity index (χ2n) is 5.64. The molecule has 1 aromatic rings. The maximum atomic E-state index is 11.8. The monoisotopic (exact) mass is 285 g/mol. The number of hydrogen-bond acceptors (Lipinski definition) is 3. The molecule has 0 unspecified atom stereocenters. The van der Waals surface area contributed by atoms with Gasteiger partial charge in [0.25, 0.3) is 0 Å². The Morgan fingerprint density at radius 2 is 1.90 bits per heavy atom. The zero-order valence-corrected chi connectivity index (χ0v) is 12.4. The lowest BCUT2D eigenvalue weighted by molar-refractivity contribution is -0.121. The third-order valence-corrected chi connectivity index (χ3v) is 3.91. The van der Waals surface area contributed by atoms with Gasteiger partial charge >= 0.3 is 0 Å². The van der Waals surface area contributed by atoms with Crippen molar-refractivity contribution in [3.8, 4) is 6.07 Å². The second-order valence-corrected chi connectivity index (χ2v) is 5.64. The molecule has 0 bridgehead atoms. The van der Waals surface area contributed by atoms with Crippen molar-refractivity contribution in [2.24, 2.45) is 0 Å². The van der Waals surface area contributed by atoms with E-state index < -0.39 is 0 Å². The third kappa shape index (κ3) is 5.57. The van der Waals surface area contributed by atoms with Gasteiger partial charge in [0.2, 0.25) is 5.91 Å². The normalized spacial score (nSPS) is 15.4. The molecule has 21 heavy (non-hydrogen) atoms. The van der Waals surface area contributed by atoms with Crippen LogP contribution in [-0.2, 0) is 11.3 Å². The lowest BCUT2D eigenvalue weighted by Crippen LogP contribution is -2.37. The van der Waals surface area contributed by atoms with Crippen LogP contribution in [0.3, 0.4) is 0 Å². The molecule has 1 fully saturated rings. The summed E-state index contributed by atoms with van der Waals surface area (Å²) in [7, 11) is 0. The first kappa shape index (κ1) is 15.5. The van der Waals surface area contributed by atoms with Crippen molar-refractivity contribution >= 4 is 5.91 Å². The van der Waals surface area contributed by atoms with Crippen LogP contribution in [0.15, 0.2) is 24.3 Å². The Morgan fingerprint density at radius 1 is 1.19 bits per heavy atom. The Morgan fingerprint density at radius 3 is 2.57 bits per heavy atom. The van der Waals surface area contributed by atoms with E-state index in [1.54, 1.807) is 0 Å². The lowest BCUT2D eigenvalue weighted by atomic mass is 9.95. The highest BCUT2D eigenvalue weighted by Gasteiger charge is 2.14. The van der Waals surface area contributed by atoms with Gasteiger partial charge in [-0.15, -0.1) is 0 Å². The highest BCUT2D eigenvalue weighted by atomic mass is 16.1. The van der Waals surface area contributed by atoms with Gasteiger partial charge in [-0.05, 0) is 30.5 Å². The van der Waals surface area contributed by atoms with E-state index in [1.165, 1.54) is 19.3 Å². The van der Waals surface area contributed by atoms with Gasteiger partial charge in [-0.3, -0.25) is 4.79 Å². The second kappa shape index (κ2) is 8.43. The minimum absolute atomic E-state index is 0.147. The molecule has 0 aromatic heterocycles. The van der Waals surface area contributed by atoms with Crippen LogP contribution in [0.25, 0.3) is 0 Å². The van der Waals surface area contributed by atoms with Gasteiger partial charge in [0, 0.05) is 25.6 Å². The number of hydrogen-bond donors (Lipinski definition) is 2. The molecule has 1 amide bonds. The van der Waals surface area contributed by atoms with Crippen molar-refractivity contribution in [2.45, 2.75) is 51.1 Å². The van der Waals surface area contributed by atoms with Crippen molar-refractivity contribution in [1.29, 1.82) is 5.26 Å². The predicted octanol–water partition coefficient (Wildman–Crippen LogP) is 2.49. The minimum atomic E-state index is 0.147. The molecule has 1 aliphatic rings. The van der Waals surface area contributed by atoms with Crippen molar-refractivity contribution in [1.82, 2.24) is 10.6 Å². The largest absolute Gasteiger partial charge is 0.353 e. The topological polar surface area (TPSA) is 64.9 Å². The van der Waals surface area contributed by atoms with Crippen LogP contribution in [0.5, 0.6) is 0 Å². The summed E-state index contributed by atoms with van der Waals surface area (Å²) >= 11 is 0. The number of nitrogens with zero attached hydrogens (tertiary/aromatic N) is 1. The van der Waals surface area contributed by atoms with Gasteiger partial charge in [-0.1, -0.05) is 31.4 Å². The fraction of sp³-hybridized carbons (Fsp3) is 0.529. The fourth-order valence-corrected chi connectivity index (χ4v) is 2.68. The van der Waals surface area contributed by atoms with Crippen molar-refractivity contribution in [3.05, 3.63) is 35.4 Å². The van der Waals surface area contributed by atoms with Gasteiger partial charge in [0.1, 0.15) is 0 Å². The Kier molecular flexibility index (Phi) is 6.23. The fourth-order valence-electron chi connectivity index (χ4n) is 2.68. The first-order valence-corrected chi connectivity index (χ1v) is 7.77. The Balaban J connectivity index is 1.60. The predicted molar refractivity (Wildman–Crippen MR) is 82.5 cm³/mol. The van der Waals surface area contributed by atoms with E-state index >= 15 is 0 Å². The molecule has 4 nitrogen and oxygen atoms in total. The van der Waals surface area contributed by atoms with E-state index in [-0.39, 0.29) is 5.91 Å². The molecule has 1 aromatic carbocycles. The Bertz CT molecular complexity index is 484. The molecule has 0 saturated heterocycles. The molecule has 1 aliphatic carbocycles. The number of carbonyl (C=O) groups excluding carboxylic acids is 1. The minimum Gasteiger partial charge on any atom is -0.353 e. The SMILES string of the molecule is N#Cc1ccc(CNCCC(=O)NC2CCCCC2)cc1. The summed E-state index contributed by atoms with van der Waals surface area (Å²) in [5, 5.41) is 15.1. The molecule has 112 valence electrons. The molecule has 4 heteroatoms. The zero-order valence-electron chi connectivity index (χ0n) is 12.4.